The monoisotopic (exact) mass is 427 g/mol. The summed E-state index contributed by atoms with van der Waals surface area (Å²) in [5.41, 5.74) is 2.25. The number of nitro benzene ring substituents is 1. The maximum absolute atomic E-state index is 12.6. The van der Waals surface area contributed by atoms with E-state index in [-0.39, 0.29) is 29.5 Å². The van der Waals surface area contributed by atoms with Crippen molar-refractivity contribution < 1.29 is 24.0 Å². The van der Waals surface area contributed by atoms with Crippen LogP contribution >= 0.6 is 0 Å². The molecule has 2 aromatic rings. The van der Waals surface area contributed by atoms with Crippen LogP contribution < -0.4 is 4.74 Å². The van der Waals surface area contributed by atoms with Crippen LogP contribution in [-0.4, -0.2) is 66.5 Å². The second-order valence-electron chi connectivity index (χ2n) is 7.37. The van der Waals surface area contributed by atoms with E-state index in [2.05, 4.69) is 34.8 Å². The van der Waals surface area contributed by atoms with Crippen molar-refractivity contribution in [3.63, 3.8) is 0 Å². The number of benzene rings is 2. The van der Waals surface area contributed by atoms with E-state index in [0.717, 1.165) is 25.7 Å². The summed E-state index contributed by atoms with van der Waals surface area (Å²) in [6.45, 7) is 5.12. The zero-order chi connectivity index (χ0) is 22.4. The zero-order valence-corrected chi connectivity index (χ0v) is 17.6. The summed E-state index contributed by atoms with van der Waals surface area (Å²) in [5, 5.41) is 11.2. The van der Waals surface area contributed by atoms with Crippen LogP contribution in [0.1, 0.15) is 21.5 Å². The van der Waals surface area contributed by atoms with Crippen LogP contribution in [0.2, 0.25) is 0 Å². The number of nitro groups is 1. The first-order valence-corrected chi connectivity index (χ1v) is 9.92. The zero-order valence-electron chi connectivity index (χ0n) is 17.6. The quantitative estimate of drug-likeness (QED) is 0.380. The van der Waals surface area contributed by atoms with Gasteiger partial charge in [0.2, 0.25) is 0 Å². The molecule has 0 atom stereocenters. The van der Waals surface area contributed by atoms with E-state index in [1.807, 2.05) is 6.07 Å². The number of hydrogen-bond acceptors (Lipinski definition) is 7. The maximum atomic E-state index is 12.6. The van der Waals surface area contributed by atoms with Crippen LogP contribution in [0.4, 0.5) is 5.69 Å². The van der Waals surface area contributed by atoms with Gasteiger partial charge in [-0.15, -0.1) is 0 Å². The van der Waals surface area contributed by atoms with E-state index < -0.39 is 10.9 Å². The van der Waals surface area contributed by atoms with Gasteiger partial charge in [0.05, 0.1) is 17.6 Å². The first kappa shape index (κ1) is 22.2. The Hall–Kier alpha value is -3.46. The molecule has 0 bridgehead atoms. The third-order valence-electron chi connectivity index (χ3n) is 5.14. The molecule has 2 aromatic carbocycles. The van der Waals surface area contributed by atoms with Gasteiger partial charge in [-0.25, -0.2) is 4.79 Å². The van der Waals surface area contributed by atoms with Crippen LogP contribution in [0, 0.1) is 17.0 Å². The molecular weight excluding hydrogens is 402 g/mol. The molecule has 1 aliphatic rings. The standard InChI is InChI=1S/C22H25N3O6/c1-16-4-3-5-17(12-16)14-23-8-10-24(11-9-23)21(26)15-31-20-13-18(22(27)30-2)6-7-19(20)25(28)29/h3-7,12-13H,8-11,14-15H2,1-2H3. The third-order valence-corrected chi connectivity index (χ3v) is 5.14. The number of aryl methyl sites for hydroxylation is 1. The molecular formula is C22H25N3O6. The molecule has 0 radical (unpaired) electrons. The van der Waals surface area contributed by atoms with E-state index in [1.165, 1.54) is 30.4 Å². The summed E-state index contributed by atoms with van der Waals surface area (Å²) < 4.78 is 10.1. The second-order valence-corrected chi connectivity index (χ2v) is 7.37. The van der Waals surface area contributed by atoms with Crippen molar-refractivity contribution >= 4 is 17.6 Å². The SMILES string of the molecule is COC(=O)c1ccc([N+](=O)[O-])c(OCC(=O)N2CCN(Cc3cccc(C)c3)CC2)c1. The van der Waals surface area contributed by atoms with Crippen molar-refractivity contribution in [2.45, 2.75) is 13.5 Å². The van der Waals surface area contributed by atoms with Crippen LogP contribution in [0.15, 0.2) is 42.5 Å². The highest BCUT2D eigenvalue weighted by atomic mass is 16.6. The first-order valence-electron chi connectivity index (χ1n) is 9.92. The van der Waals surface area contributed by atoms with Crippen LogP contribution in [0.25, 0.3) is 0 Å². The Morgan fingerprint density at radius 3 is 2.48 bits per heavy atom. The van der Waals surface area contributed by atoms with Gasteiger partial charge >= 0.3 is 11.7 Å². The van der Waals surface area contributed by atoms with Gasteiger partial charge in [0.1, 0.15) is 0 Å². The van der Waals surface area contributed by atoms with Gasteiger partial charge in [-0.1, -0.05) is 29.8 Å². The molecule has 0 aromatic heterocycles. The van der Waals surface area contributed by atoms with Gasteiger partial charge in [0.15, 0.2) is 12.4 Å². The number of carbonyl (C=O) groups excluding carboxylic acids is 2. The summed E-state index contributed by atoms with van der Waals surface area (Å²) in [4.78, 5) is 38.8. The van der Waals surface area contributed by atoms with Crippen LogP contribution in [0.3, 0.4) is 0 Å². The number of piperazine rings is 1. The highest BCUT2D eigenvalue weighted by molar-refractivity contribution is 5.90. The summed E-state index contributed by atoms with van der Waals surface area (Å²) >= 11 is 0. The molecule has 1 saturated heterocycles. The first-order chi connectivity index (χ1) is 14.9. The number of nitrogens with zero attached hydrogens (tertiary/aromatic N) is 3. The molecule has 9 nitrogen and oxygen atoms in total. The molecule has 0 saturated carbocycles. The lowest BCUT2D eigenvalue weighted by atomic mass is 10.1. The summed E-state index contributed by atoms with van der Waals surface area (Å²) in [7, 11) is 1.21. The molecule has 0 aliphatic carbocycles. The van der Waals surface area contributed by atoms with E-state index in [9.17, 15) is 19.7 Å². The Balaban J connectivity index is 1.55. The highest BCUT2D eigenvalue weighted by Crippen LogP contribution is 2.28. The normalized spacial score (nSPS) is 14.2. The summed E-state index contributed by atoms with van der Waals surface area (Å²) in [5.74, 6) is -1.04. The Bertz CT molecular complexity index is 969. The van der Waals surface area contributed by atoms with E-state index in [1.54, 1.807) is 4.90 Å². The average Bonchev–Trinajstić information content (AvgIpc) is 2.77. The molecule has 1 heterocycles. The second kappa shape index (κ2) is 10.0. The summed E-state index contributed by atoms with van der Waals surface area (Å²) in [6, 6.07) is 12.0. The molecule has 3 rings (SSSR count). The fourth-order valence-corrected chi connectivity index (χ4v) is 3.48. The molecule has 31 heavy (non-hydrogen) atoms. The predicted octanol–water partition coefficient (Wildman–Crippen LogP) is 2.41. The van der Waals surface area contributed by atoms with Crippen molar-refractivity contribution in [1.82, 2.24) is 9.80 Å². The maximum Gasteiger partial charge on any atom is 0.337 e. The Labute approximate surface area is 180 Å². The summed E-state index contributed by atoms with van der Waals surface area (Å²) in [6.07, 6.45) is 0. The van der Waals surface area contributed by atoms with Gasteiger partial charge in [0, 0.05) is 44.9 Å². The van der Waals surface area contributed by atoms with Crippen molar-refractivity contribution in [3.05, 3.63) is 69.3 Å². The van der Waals surface area contributed by atoms with Crippen molar-refractivity contribution in [2.75, 3.05) is 39.9 Å². The Morgan fingerprint density at radius 2 is 1.84 bits per heavy atom. The van der Waals surface area contributed by atoms with Crippen LogP contribution in [-0.2, 0) is 16.1 Å². The minimum Gasteiger partial charge on any atom is -0.477 e. The van der Waals surface area contributed by atoms with E-state index in [4.69, 9.17) is 4.74 Å². The number of ether oxygens (including phenoxy) is 2. The minimum absolute atomic E-state index is 0.111. The Morgan fingerprint density at radius 1 is 1.10 bits per heavy atom. The molecule has 9 heteroatoms. The third kappa shape index (κ3) is 5.79. The lowest BCUT2D eigenvalue weighted by molar-refractivity contribution is -0.385. The topological polar surface area (TPSA) is 102 Å². The number of methoxy groups -OCH3 is 1. The number of amides is 1. The van der Waals surface area contributed by atoms with Crippen molar-refractivity contribution in [3.8, 4) is 5.75 Å². The molecule has 0 spiro atoms. The van der Waals surface area contributed by atoms with Gasteiger partial charge < -0.3 is 14.4 Å². The highest BCUT2D eigenvalue weighted by Gasteiger charge is 2.24. The molecule has 0 N–H and O–H groups in total. The van der Waals surface area contributed by atoms with E-state index in [0.29, 0.717) is 13.1 Å². The number of hydrogen-bond donors (Lipinski definition) is 0. The van der Waals surface area contributed by atoms with E-state index >= 15 is 0 Å². The smallest absolute Gasteiger partial charge is 0.337 e. The van der Waals surface area contributed by atoms with Gasteiger partial charge in [-0.05, 0) is 18.6 Å². The van der Waals surface area contributed by atoms with Crippen molar-refractivity contribution in [1.29, 1.82) is 0 Å². The fraction of sp³-hybridized carbons (Fsp3) is 0.364. The Kier molecular flexibility index (Phi) is 7.19. The van der Waals surface area contributed by atoms with Crippen molar-refractivity contribution in [2.24, 2.45) is 0 Å². The van der Waals surface area contributed by atoms with Crippen LogP contribution in [0.5, 0.6) is 5.75 Å². The number of esters is 1. The molecule has 1 fully saturated rings. The largest absolute Gasteiger partial charge is 0.477 e. The van der Waals surface area contributed by atoms with Gasteiger partial charge in [-0.3, -0.25) is 19.8 Å². The lowest BCUT2D eigenvalue weighted by Gasteiger charge is -2.34. The molecule has 1 amide bonds. The minimum atomic E-state index is -0.643. The van der Waals surface area contributed by atoms with Gasteiger partial charge in [0.25, 0.3) is 5.91 Å². The van der Waals surface area contributed by atoms with Gasteiger partial charge in [-0.2, -0.15) is 0 Å². The molecule has 0 unspecified atom stereocenters. The molecule has 164 valence electrons. The molecule has 1 aliphatic heterocycles. The fourth-order valence-electron chi connectivity index (χ4n) is 3.48. The average molecular weight is 427 g/mol. The number of rotatable bonds is 7. The predicted molar refractivity (Wildman–Crippen MR) is 113 cm³/mol. The lowest BCUT2D eigenvalue weighted by Crippen LogP contribution is -2.49. The number of carbonyl (C=O) groups is 2.